The molecular weight excluding hydrogens is 304 g/mol. The molecule has 0 spiro atoms. The van der Waals surface area contributed by atoms with Crippen LogP contribution in [0.1, 0.15) is 18.6 Å². The van der Waals surface area contributed by atoms with Gasteiger partial charge >= 0.3 is 5.97 Å². The van der Waals surface area contributed by atoms with E-state index < -0.39 is 18.2 Å². The maximum atomic E-state index is 11.4. The highest BCUT2D eigenvalue weighted by Gasteiger charge is 2.29. The van der Waals surface area contributed by atoms with Crippen LogP contribution in [-0.2, 0) is 9.53 Å². The normalized spacial score (nSPS) is 13.8. The van der Waals surface area contributed by atoms with Crippen molar-refractivity contribution >= 4 is 21.9 Å². The number of halogens is 1. The summed E-state index contributed by atoms with van der Waals surface area (Å²) in [6.07, 6.45) is -3.05. The van der Waals surface area contributed by atoms with Crippen molar-refractivity contribution in [3.8, 4) is 5.75 Å². The molecule has 6 heteroatoms. The van der Waals surface area contributed by atoms with E-state index in [1.165, 1.54) is 7.11 Å². The number of carbonyl (C=O) groups is 1. The van der Waals surface area contributed by atoms with Gasteiger partial charge in [0, 0.05) is 10.0 Å². The number of aliphatic hydroxyl groups excluding tert-OH is 2. The molecule has 0 aliphatic rings. The van der Waals surface area contributed by atoms with Crippen molar-refractivity contribution in [3.63, 3.8) is 0 Å². The van der Waals surface area contributed by atoms with E-state index in [0.29, 0.717) is 15.8 Å². The number of rotatable bonds is 5. The van der Waals surface area contributed by atoms with Crippen molar-refractivity contribution in [1.82, 2.24) is 0 Å². The third-order valence-corrected chi connectivity index (χ3v) is 2.83. The van der Waals surface area contributed by atoms with Gasteiger partial charge in [0.15, 0.2) is 6.10 Å². The summed E-state index contributed by atoms with van der Waals surface area (Å²) < 4.78 is 10.4. The Bertz CT molecular complexity index is 421. The predicted octanol–water partition coefficient (Wildman–Crippen LogP) is 1.42. The quantitative estimate of drug-likeness (QED) is 0.803. The summed E-state index contributed by atoms with van der Waals surface area (Å²) in [5, 5.41) is 19.7. The molecule has 1 rings (SSSR count). The Balaban J connectivity index is 2.98. The number of benzene rings is 1. The molecule has 0 aliphatic heterocycles. The third-order valence-electron chi connectivity index (χ3n) is 2.34. The molecule has 2 N–H and O–H groups in total. The number of carbonyl (C=O) groups excluding carboxylic acids is 1. The van der Waals surface area contributed by atoms with Gasteiger partial charge in [-0.1, -0.05) is 15.9 Å². The van der Waals surface area contributed by atoms with Crippen LogP contribution in [-0.4, -0.2) is 36.0 Å². The molecule has 0 aromatic heterocycles. The SMILES string of the molecule is CCOC(=O)C(O)C(O)c1cc(Br)ccc1OC. The minimum absolute atomic E-state index is 0.137. The zero-order chi connectivity index (χ0) is 13.7. The summed E-state index contributed by atoms with van der Waals surface area (Å²) in [7, 11) is 1.44. The van der Waals surface area contributed by atoms with Gasteiger partial charge in [-0.15, -0.1) is 0 Å². The van der Waals surface area contributed by atoms with Crippen LogP contribution >= 0.6 is 15.9 Å². The molecule has 0 saturated heterocycles. The highest BCUT2D eigenvalue weighted by molar-refractivity contribution is 9.10. The van der Waals surface area contributed by atoms with Gasteiger partial charge in [0.05, 0.1) is 13.7 Å². The Kier molecular flexibility index (Phi) is 5.58. The maximum Gasteiger partial charge on any atom is 0.338 e. The van der Waals surface area contributed by atoms with Crippen molar-refractivity contribution in [2.45, 2.75) is 19.1 Å². The van der Waals surface area contributed by atoms with Gasteiger partial charge in [-0.3, -0.25) is 0 Å². The highest BCUT2D eigenvalue weighted by Crippen LogP contribution is 2.30. The Hall–Kier alpha value is -1.11. The number of hydrogen-bond acceptors (Lipinski definition) is 5. The number of aliphatic hydroxyl groups is 2. The van der Waals surface area contributed by atoms with E-state index in [9.17, 15) is 15.0 Å². The molecular formula is C12H15BrO5. The van der Waals surface area contributed by atoms with Crippen LogP contribution < -0.4 is 4.74 Å². The van der Waals surface area contributed by atoms with E-state index in [1.54, 1.807) is 25.1 Å². The van der Waals surface area contributed by atoms with E-state index in [-0.39, 0.29) is 6.61 Å². The van der Waals surface area contributed by atoms with Crippen LogP contribution in [0.25, 0.3) is 0 Å². The van der Waals surface area contributed by atoms with Gasteiger partial charge in [0.25, 0.3) is 0 Å². The molecule has 0 saturated carbocycles. The summed E-state index contributed by atoms with van der Waals surface area (Å²) in [6, 6.07) is 4.93. The topological polar surface area (TPSA) is 76.0 Å². The lowest BCUT2D eigenvalue weighted by atomic mass is 10.0. The Morgan fingerprint density at radius 3 is 2.67 bits per heavy atom. The molecule has 0 fully saturated rings. The molecule has 18 heavy (non-hydrogen) atoms. The van der Waals surface area contributed by atoms with Gasteiger partial charge in [0.2, 0.25) is 0 Å². The first-order valence-corrected chi connectivity index (χ1v) is 6.16. The van der Waals surface area contributed by atoms with Gasteiger partial charge in [-0.25, -0.2) is 4.79 Å². The Labute approximate surface area is 113 Å². The second-order valence-corrected chi connectivity index (χ2v) is 4.44. The van der Waals surface area contributed by atoms with Crippen LogP contribution in [0.15, 0.2) is 22.7 Å². The van der Waals surface area contributed by atoms with E-state index in [2.05, 4.69) is 20.7 Å². The molecule has 2 unspecified atom stereocenters. The molecule has 5 nitrogen and oxygen atoms in total. The number of methoxy groups -OCH3 is 1. The molecule has 0 aliphatic carbocycles. The zero-order valence-corrected chi connectivity index (χ0v) is 11.7. The monoisotopic (exact) mass is 318 g/mol. The van der Waals surface area contributed by atoms with Gasteiger partial charge in [-0.2, -0.15) is 0 Å². The van der Waals surface area contributed by atoms with Gasteiger partial charge < -0.3 is 19.7 Å². The molecule has 0 bridgehead atoms. The lowest BCUT2D eigenvalue weighted by Crippen LogP contribution is -2.30. The van der Waals surface area contributed by atoms with E-state index in [1.807, 2.05) is 0 Å². The average Bonchev–Trinajstić information content (AvgIpc) is 2.37. The lowest BCUT2D eigenvalue weighted by molar-refractivity contribution is -0.159. The van der Waals surface area contributed by atoms with E-state index in [4.69, 9.17) is 4.74 Å². The second-order valence-electron chi connectivity index (χ2n) is 3.53. The van der Waals surface area contributed by atoms with Gasteiger partial charge in [-0.05, 0) is 25.1 Å². The van der Waals surface area contributed by atoms with E-state index in [0.717, 1.165) is 0 Å². The fourth-order valence-electron chi connectivity index (χ4n) is 1.46. The Morgan fingerprint density at radius 2 is 2.11 bits per heavy atom. The summed E-state index contributed by atoms with van der Waals surface area (Å²) in [6.45, 7) is 1.76. The predicted molar refractivity (Wildman–Crippen MR) is 68.3 cm³/mol. The lowest BCUT2D eigenvalue weighted by Gasteiger charge is -2.19. The molecule has 100 valence electrons. The fraction of sp³-hybridized carbons (Fsp3) is 0.417. The van der Waals surface area contributed by atoms with Crippen LogP contribution in [0, 0.1) is 0 Å². The third kappa shape index (κ3) is 3.44. The first kappa shape index (κ1) is 14.9. The molecule has 1 aromatic carbocycles. The summed E-state index contributed by atoms with van der Waals surface area (Å²) in [4.78, 5) is 11.4. The summed E-state index contributed by atoms with van der Waals surface area (Å²) in [5.74, 6) is -0.485. The second kappa shape index (κ2) is 6.72. The smallest absolute Gasteiger partial charge is 0.338 e. The first-order chi connectivity index (χ1) is 8.51. The van der Waals surface area contributed by atoms with Crippen LogP contribution in [0.4, 0.5) is 0 Å². The van der Waals surface area contributed by atoms with Crippen molar-refractivity contribution < 1.29 is 24.5 Å². The number of esters is 1. The van der Waals surface area contributed by atoms with Crippen molar-refractivity contribution in [3.05, 3.63) is 28.2 Å². The van der Waals surface area contributed by atoms with Crippen LogP contribution in [0.5, 0.6) is 5.75 Å². The average molecular weight is 319 g/mol. The Morgan fingerprint density at radius 1 is 1.44 bits per heavy atom. The van der Waals surface area contributed by atoms with Crippen molar-refractivity contribution in [2.24, 2.45) is 0 Å². The molecule has 0 radical (unpaired) electrons. The summed E-state index contributed by atoms with van der Waals surface area (Å²) >= 11 is 3.25. The largest absolute Gasteiger partial charge is 0.496 e. The van der Waals surface area contributed by atoms with E-state index >= 15 is 0 Å². The first-order valence-electron chi connectivity index (χ1n) is 5.37. The number of hydrogen-bond donors (Lipinski definition) is 2. The van der Waals surface area contributed by atoms with Crippen molar-refractivity contribution in [2.75, 3.05) is 13.7 Å². The maximum absolute atomic E-state index is 11.4. The van der Waals surface area contributed by atoms with Gasteiger partial charge in [0.1, 0.15) is 11.9 Å². The van der Waals surface area contributed by atoms with Crippen LogP contribution in [0.2, 0.25) is 0 Å². The van der Waals surface area contributed by atoms with Crippen LogP contribution in [0.3, 0.4) is 0 Å². The molecule has 1 aromatic rings. The molecule has 0 amide bonds. The fourth-order valence-corrected chi connectivity index (χ4v) is 1.84. The standard InChI is InChI=1S/C12H15BrO5/c1-3-18-12(16)11(15)10(14)8-6-7(13)4-5-9(8)17-2/h4-6,10-11,14-15H,3H2,1-2H3. The van der Waals surface area contributed by atoms with Crippen molar-refractivity contribution in [1.29, 1.82) is 0 Å². The molecule has 0 heterocycles. The zero-order valence-electron chi connectivity index (χ0n) is 10.1. The minimum Gasteiger partial charge on any atom is -0.496 e. The highest BCUT2D eigenvalue weighted by atomic mass is 79.9. The molecule has 2 atom stereocenters. The minimum atomic E-state index is -1.65. The summed E-state index contributed by atoms with van der Waals surface area (Å²) in [5.41, 5.74) is 0.312. The number of ether oxygens (including phenoxy) is 2.